The Hall–Kier alpha value is -0.0800. The van der Waals surface area contributed by atoms with Crippen molar-refractivity contribution in [2.75, 3.05) is 33.0 Å². The van der Waals surface area contributed by atoms with Crippen LogP contribution in [0.1, 0.15) is 59.3 Å². The third kappa shape index (κ3) is 13.2. The van der Waals surface area contributed by atoms with E-state index in [9.17, 15) is 0 Å². The Morgan fingerprint density at radius 3 is 2.58 bits per heavy atom. The first-order chi connectivity index (χ1) is 11.1. The molecular weight excluding hydrogens is 417 g/mol. The summed E-state index contributed by atoms with van der Waals surface area (Å²) in [6.07, 6.45) is 6.83. The van der Waals surface area contributed by atoms with Crippen molar-refractivity contribution in [2.45, 2.75) is 65.3 Å². The Bertz CT molecular complexity index is 321. The SMILES string of the molecule is CC(C)CCCC(C)NC(N)=NCCCOCC1CCOCC1.I. The van der Waals surface area contributed by atoms with E-state index in [0.29, 0.717) is 17.9 Å². The van der Waals surface area contributed by atoms with Crippen LogP contribution in [0.3, 0.4) is 0 Å². The highest BCUT2D eigenvalue weighted by Gasteiger charge is 2.13. The first-order valence-electron chi connectivity index (χ1n) is 9.30. The maximum absolute atomic E-state index is 5.92. The van der Waals surface area contributed by atoms with Gasteiger partial charge in [0.05, 0.1) is 0 Å². The van der Waals surface area contributed by atoms with E-state index in [1.807, 2.05) is 0 Å². The van der Waals surface area contributed by atoms with Gasteiger partial charge in [0.15, 0.2) is 5.96 Å². The van der Waals surface area contributed by atoms with Crippen LogP contribution in [0.15, 0.2) is 4.99 Å². The molecule has 3 N–H and O–H groups in total. The van der Waals surface area contributed by atoms with E-state index in [4.69, 9.17) is 15.2 Å². The van der Waals surface area contributed by atoms with Crippen molar-refractivity contribution >= 4 is 29.9 Å². The molecule has 0 bridgehead atoms. The lowest BCUT2D eigenvalue weighted by molar-refractivity contribution is 0.0205. The van der Waals surface area contributed by atoms with Gasteiger partial charge in [-0.1, -0.05) is 26.7 Å². The van der Waals surface area contributed by atoms with Gasteiger partial charge in [-0.25, -0.2) is 0 Å². The Balaban J connectivity index is 0.00000529. The zero-order chi connectivity index (χ0) is 16.9. The minimum absolute atomic E-state index is 0. The summed E-state index contributed by atoms with van der Waals surface area (Å²) in [6.45, 7) is 10.8. The van der Waals surface area contributed by atoms with E-state index >= 15 is 0 Å². The predicted octanol–water partition coefficient (Wildman–Crippen LogP) is 3.56. The van der Waals surface area contributed by atoms with E-state index in [1.54, 1.807) is 0 Å². The molecule has 5 nitrogen and oxygen atoms in total. The highest BCUT2D eigenvalue weighted by atomic mass is 127. The number of aliphatic imine (C=N–C) groups is 1. The van der Waals surface area contributed by atoms with Gasteiger partial charge < -0.3 is 20.5 Å². The number of ether oxygens (including phenoxy) is 2. The molecule has 1 fully saturated rings. The van der Waals surface area contributed by atoms with Gasteiger partial charge in [-0.05, 0) is 44.4 Å². The highest BCUT2D eigenvalue weighted by Crippen LogP contribution is 2.14. The van der Waals surface area contributed by atoms with Crippen LogP contribution in [-0.2, 0) is 9.47 Å². The van der Waals surface area contributed by atoms with Crippen LogP contribution in [0.25, 0.3) is 0 Å². The van der Waals surface area contributed by atoms with Crippen LogP contribution >= 0.6 is 24.0 Å². The molecule has 1 atom stereocenters. The van der Waals surface area contributed by atoms with Crippen LogP contribution in [-0.4, -0.2) is 45.0 Å². The molecule has 144 valence electrons. The molecule has 0 saturated carbocycles. The zero-order valence-corrected chi connectivity index (χ0v) is 18.1. The average molecular weight is 455 g/mol. The summed E-state index contributed by atoms with van der Waals surface area (Å²) < 4.78 is 11.1. The van der Waals surface area contributed by atoms with Gasteiger partial charge in [0.2, 0.25) is 0 Å². The molecule has 24 heavy (non-hydrogen) atoms. The van der Waals surface area contributed by atoms with Crippen molar-refractivity contribution < 1.29 is 9.47 Å². The topological polar surface area (TPSA) is 68.9 Å². The molecule has 1 unspecified atom stereocenters. The number of hydrogen-bond donors (Lipinski definition) is 2. The second kappa shape index (κ2) is 15.2. The fourth-order valence-electron chi connectivity index (χ4n) is 2.73. The van der Waals surface area contributed by atoms with Crippen LogP contribution in [0, 0.1) is 11.8 Å². The first-order valence-corrected chi connectivity index (χ1v) is 9.30. The minimum Gasteiger partial charge on any atom is -0.381 e. The van der Waals surface area contributed by atoms with E-state index < -0.39 is 0 Å². The number of halogens is 1. The quantitative estimate of drug-likeness (QED) is 0.216. The summed E-state index contributed by atoms with van der Waals surface area (Å²) >= 11 is 0. The summed E-state index contributed by atoms with van der Waals surface area (Å²) in [5.74, 6) is 2.01. The monoisotopic (exact) mass is 455 g/mol. The van der Waals surface area contributed by atoms with Gasteiger partial charge in [0.1, 0.15) is 0 Å². The van der Waals surface area contributed by atoms with Crippen LogP contribution < -0.4 is 11.1 Å². The number of nitrogens with two attached hydrogens (primary N) is 1. The second-order valence-corrected chi connectivity index (χ2v) is 7.12. The Morgan fingerprint density at radius 2 is 1.92 bits per heavy atom. The Labute approximate surface area is 165 Å². The molecule has 6 heteroatoms. The molecule has 1 aliphatic heterocycles. The lowest BCUT2D eigenvalue weighted by Gasteiger charge is -2.21. The van der Waals surface area contributed by atoms with Crippen molar-refractivity contribution in [1.82, 2.24) is 5.32 Å². The molecule has 0 aromatic carbocycles. The molecule has 1 rings (SSSR count). The molecule has 0 spiro atoms. The van der Waals surface area contributed by atoms with Crippen LogP contribution in [0.4, 0.5) is 0 Å². The summed E-state index contributed by atoms with van der Waals surface area (Å²) in [6, 6.07) is 0.391. The van der Waals surface area contributed by atoms with E-state index in [-0.39, 0.29) is 24.0 Å². The zero-order valence-electron chi connectivity index (χ0n) is 15.8. The summed E-state index contributed by atoms with van der Waals surface area (Å²) in [5.41, 5.74) is 5.92. The fourth-order valence-corrected chi connectivity index (χ4v) is 2.73. The maximum atomic E-state index is 5.92. The van der Waals surface area contributed by atoms with Gasteiger partial charge in [0, 0.05) is 39.0 Å². The largest absolute Gasteiger partial charge is 0.381 e. The molecule has 1 aliphatic rings. The third-order valence-corrected chi connectivity index (χ3v) is 4.24. The number of nitrogens with one attached hydrogen (secondary N) is 1. The smallest absolute Gasteiger partial charge is 0.188 e. The summed E-state index contributed by atoms with van der Waals surface area (Å²) in [5, 5.41) is 3.27. The molecule has 0 aromatic rings. The van der Waals surface area contributed by atoms with Crippen molar-refractivity contribution in [3.05, 3.63) is 0 Å². The first kappa shape index (κ1) is 23.9. The number of guanidine groups is 1. The molecule has 0 amide bonds. The maximum Gasteiger partial charge on any atom is 0.188 e. The molecule has 0 aliphatic carbocycles. The lowest BCUT2D eigenvalue weighted by Crippen LogP contribution is -2.38. The van der Waals surface area contributed by atoms with E-state index in [2.05, 4.69) is 31.1 Å². The predicted molar refractivity (Wildman–Crippen MR) is 112 cm³/mol. The number of nitrogens with zero attached hydrogens (tertiary/aromatic N) is 1. The van der Waals surface area contributed by atoms with Gasteiger partial charge >= 0.3 is 0 Å². The molecular formula is C18H38IN3O2. The Morgan fingerprint density at radius 1 is 1.21 bits per heavy atom. The Kier molecular flexibility index (Phi) is 15.1. The average Bonchev–Trinajstić information content (AvgIpc) is 2.51. The summed E-state index contributed by atoms with van der Waals surface area (Å²) in [7, 11) is 0. The lowest BCUT2D eigenvalue weighted by atomic mass is 10.0. The third-order valence-electron chi connectivity index (χ3n) is 4.24. The minimum atomic E-state index is 0. The second-order valence-electron chi connectivity index (χ2n) is 7.12. The molecule has 1 saturated heterocycles. The number of hydrogen-bond acceptors (Lipinski definition) is 3. The van der Waals surface area contributed by atoms with Crippen molar-refractivity contribution in [3.63, 3.8) is 0 Å². The van der Waals surface area contributed by atoms with Crippen molar-refractivity contribution in [2.24, 2.45) is 22.6 Å². The van der Waals surface area contributed by atoms with E-state index in [0.717, 1.165) is 64.6 Å². The van der Waals surface area contributed by atoms with Crippen LogP contribution in [0.5, 0.6) is 0 Å². The van der Waals surface area contributed by atoms with Gasteiger partial charge in [0.25, 0.3) is 0 Å². The van der Waals surface area contributed by atoms with Gasteiger partial charge in [-0.15, -0.1) is 24.0 Å². The molecule has 0 radical (unpaired) electrons. The van der Waals surface area contributed by atoms with Gasteiger partial charge in [-0.2, -0.15) is 0 Å². The number of rotatable bonds is 11. The van der Waals surface area contributed by atoms with E-state index in [1.165, 1.54) is 12.8 Å². The van der Waals surface area contributed by atoms with Crippen LogP contribution in [0.2, 0.25) is 0 Å². The fraction of sp³-hybridized carbons (Fsp3) is 0.944. The van der Waals surface area contributed by atoms with Crippen molar-refractivity contribution in [1.29, 1.82) is 0 Å². The summed E-state index contributed by atoms with van der Waals surface area (Å²) in [4.78, 5) is 4.37. The standard InChI is InChI=1S/C18H37N3O2.HI/c1-15(2)6-4-7-16(3)21-18(19)20-10-5-11-23-14-17-8-12-22-13-9-17;/h15-17H,4-14H2,1-3H3,(H3,19,20,21);1H. The van der Waals surface area contributed by atoms with Gasteiger partial charge in [-0.3, -0.25) is 4.99 Å². The molecule has 0 aromatic heterocycles. The van der Waals surface area contributed by atoms with Crippen molar-refractivity contribution in [3.8, 4) is 0 Å². The molecule has 1 heterocycles. The highest BCUT2D eigenvalue weighted by molar-refractivity contribution is 14.0. The normalized spacial score (nSPS) is 17.6.